The van der Waals surface area contributed by atoms with Crippen LogP contribution in [0.5, 0.6) is 0 Å². The van der Waals surface area contributed by atoms with Crippen LogP contribution >= 0.6 is 11.6 Å². The summed E-state index contributed by atoms with van der Waals surface area (Å²) in [7, 11) is 0. The number of carboxylic acids is 1. The number of aromatic nitrogens is 3. The number of carbonyl (C=O) groups excluding carboxylic acids is 1. The molecule has 132 valence electrons. The largest absolute Gasteiger partial charge is 0.481 e. The normalized spacial score (nSPS) is 19.8. The molecule has 1 aliphatic rings. The van der Waals surface area contributed by atoms with E-state index in [9.17, 15) is 9.59 Å². The van der Waals surface area contributed by atoms with Crippen molar-refractivity contribution in [3.8, 4) is 5.69 Å². The molecule has 1 aromatic heterocycles. The van der Waals surface area contributed by atoms with Gasteiger partial charge in [-0.1, -0.05) is 29.8 Å². The van der Waals surface area contributed by atoms with Crippen LogP contribution in [0.1, 0.15) is 42.4 Å². The van der Waals surface area contributed by atoms with Gasteiger partial charge in [0.05, 0.1) is 17.3 Å². The SMILES string of the molecule is CCc1c(C(=O)N[C@H]2CC[C@@H](C(=O)O)C2)nnn1-c1cccc(Cl)c1. The van der Waals surface area contributed by atoms with Gasteiger partial charge in [0.2, 0.25) is 0 Å². The van der Waals surface area contributed by atoms with Gasteiger partial charge in [0.1, 0.15) is 0 Å². The van der Waals surface area contributed by atoms with Crippen LogP contribution in [0, 0.1) is 5.92 Å². The number of rotatable bonds is 5. The first-order valence-corrected chi connectivity index (χ1v) is 8.61. The average molecular weight is 363 g/mol. The Kier molecular flexibility index (Phi) is 5.03. The van der Waals surface area contributed by atoms with Gasteiger partial charge >= 0.3 is 5.97 Å². The first kappa shape index (κ1) is 17.4. The van der Waals surface area contributed by atoms with Crippen LogP contribution < -0.4 is 5.32 Å². The second kappa shape index (κ2) is 7.23. The summed E-state index contributed by atoms with van der Waals surface area (Å²) in [5.74, 6) is -1.52. The highest BCUT2D eigenvalue weighted by Gasteiger charge is 2.31. The number of hydrogen-bond acceptors (Lipinski definition) is 4. The molecule has 2 atom stereocenters. The lowest BCUT2D eigenvalue weighted by atomic mass is 10.1. The Morgan fingerprint density at radius 2 is 2.20 bits per heavy atom. The molecule has 0 spiro atoms. The van der Waals surface area contributed by atoms with Crippen molar-refractivity contribution in [3.05, 3.63) is 40.7 Å². The van der Waals surface area contributed by atoms with Crippen LogP contribution in [0.15, 0.2) is 24.3 Å². The first-order valence-electron chi connectivity index (χ1n) is 8.23. The zero-order valence-electron chi connectivity index (χ0n) is 13.8. The van der Waals surface area contributed by atoms with Crippen molar-refractivity contribution in [2.24, 2.45) is 5.92 Å². The molecular formula is C17H19ClN4O3. The van der Waals surface area contributed by atoms with Crippen LogP contribution in [0.4, 0.5) is 0 Å². The monoisotopic (exact) mass is 362 g/mol. The fourth-order valence-corrected chi connectivity index (χ4v) is 3.39. The van der Waals surface area contributed by atoms with Gasteiger partial charge in [-0.05, 0) is 43.9 Å². The zero-order chi connectivity index (χ0) is 18.0. The maximum Gasteiger partial charge on any atom is 0.306 e. The smallest absolute Gasteiger partial charge is 0.306 e. The van der Waals surface area contributed by atoms with Crippen molar-refractivity contribution in [1.82, 2.24) is 20.3 Å². The molecule has 1 fully saturated rings. The van der Waals surface area contributed by atoms with Crippen molar-refractivity contribution >= 4 is 23.5 Å². The molecule has 1 amide bonds. The van der Waals surface area contributed by atoms with E-state index in [0.29, 0.717) is 36.4 Å². The van der Waals surface area contributed by atoms with E-state index in [2.05, 4.69) is 15.6 Å². The maximum absolute atomic E-state index is 12.6. The topological polar surface area (TPSA) is 97.1 Å². The predicted molar refractivity (Wildman–Crippen MR) is 92.0 cm³/mol. The zero-order valence-corrected chi connectivity index (χ0v) is 14.5. The van der Waals surface area contributed by atoms with Crippen LogP contribution in [-0.4, -0.2) is 38.0 Å². The molecule has 2 N–H and O–H groups in total. The molecule has 7 nitrogen and oxygen atoms in total. The maximum atomic E-state index is 12.6. The lowest BCUT2D eigenvalue weighted by Gasteiger charge is -2.12. The predicted octanol–water partition coefficient (Wildman–Crippen LogP) is 2.47. The summed E-state index contributed by atoms with van der Waals surface area (Å²) in [5, 5.41) is 20.7. The minimum absolute atomic E-state index is 0.144. The second-order valence-corrected chi connectivity index (χ2v) is 6.59. The van der Waals surface area contributed by atoms with Crippen LogP contribution in [0.3, 0.4) is 0 Å². The molecule has 8 heteroatoms. The van der Waals surface area contributed by atoms with E-state index < -0.39 is 11.9 Å². The molecule has 0 radical (unpaired) electrons. The summed E-state index contributed by atoms with van der Waals surface area (Å²) in [4.78, 5) is 23.6. The summed E-state index contributed by atoms with van der Waals surface area (Å²) < 4.78 is 1.61. The highest BCUT2D eigenvalue weighted by Crippen LogP contribution is 2.26. The Hall–Kier alpha value is -2.41. The molecule has 2 aromatic rings. The molecule has 0 saturated heterocycles. The lowest BCUT2D eigenvalue weighted by Crippen LogP contribution is -2.34. The molecule has 1 aromatic carbocycles. The van der Waals surface area contributed by atoms with Gasteiger partial charge in [0.15, 0.2) is 5.69 Å². The third-order valence-corrected chi connectivity index (χ3v) is 4.72. The van der Waals surface area contributed by atoms with E-state index in [4.69, 9.17) is 16.7 Å². The van der Waals surface area contributed by atoms with Crippen molar-refractivity contribution in [2.75, 3.05) is 0 Å². The summed E-state index contributed by atoms with van der Waals surface area (Å²) in [6.45, 7) is 1.92. The second-order valence-electron chi connectivity index (χ2n) is 6.15. The van der Waals surface area contributed by atoms with E-state index >= 15 is 0 Å². The van der Waals surface area contributed by atoms with Gasteiger partial charge in [-0.3, -0.25) is 9.59 Å². The van der Waals surface area contributed by atoms with Gasteiger partial charge in [-0.2, -0.15) is 0 Å². The molecule has 0 unspecified atom stereocenters. The fraction of sp³-hybridized carbons (Fsp3) is 0.412. The van der Waals surface area contributed by atoms with E-state index in [-0.39, 0.29) is 17.6 Å². The van der Waals surface area contributed by atoms with Gasteiger partial charge in [0, 0.05) is 11.1 Å². The Morgan fingerprint density at radius 1 is 1.40 bits per heavy atom. The quantitative estimate of drug-likeness (QED) is 0.851. The molecule has 1 aliphatic carbocycles. The minimum atomic E-state index is -0.808. The first-order chi connectivity index (χ1) is 12.0. The summed E-state index contributed by atoms with van der Waals surface area (Å²) >= 11 is 6.02. The number of hydrogen-bond donors (Lipinski definition) is 2. The number of nitrogens with one attached hydrogen (secondary N) is 1. The summed E-state index contributed by atoms with van der Waals surface area (Å²) in [6, 6.07) is 7.03. The molecule has 1 heterocycles. The van der Waals surface area contributed by atoms with Crippen LogP contribution in [0.25, 0.3) is 5.69 Å². The molecule has 0 aliphatic heterocycles. The van der Waals surface area contributed by atoms with E-state index in [1.54, 1.807) is 16.8 Å². The number of halogens is 1. The Morgan fingerprint density at radius 3 is 2.84 bits per heavy atom. The van der Waals surface area contributed by atoms with Crippen LogP contribution in [-0.2, 0) is 11.2 Å². The number of aliphatic carboxylic acids is 1. The molecular weight excluding hydrogens is 344 g/mol. The van der Waals surface area contributed by atoms with E-state index in [1.165, 1.54) is 0 Å². The van der Waals surface area contributed by atoms with Crippen LogP contribution in [0.2, 0.25) is 5.02 Å². The number of nitrogens with zero attached hydrogens (tertiary/aromatic N) is 3. The number of amides is 1. The highest BCUT2D eigenvalue weighted by molar-refractivity contribution is 6.30. The van der Waals surface area contributed by atoms with Crippen molar-refractivity contribution in [2.45, 2.75) is 38.6 Å². The van der Waals surface area contributed by atoms with Crippen molar-refractivity contribution in [3.63, 3.8) is 0 Å². The van der Waals surface area contributed by atoms with Gasteiger partial charge in [-0.25, -0.2) is 4.68 Å². The summed E-state index contributed by atoms with van der Waals surface area (Å²) in [5.41, 5.74) is 1.69. The third kappa shape index (κ3) is 3.66. The fourth-order valence-electron chi connectivity index (χ4n) is 3.20. The molecule has 25 heavy (non-hydrogen) atoms. The number of carboxylic acid groups (broad SMARTS) is 1. The minimum Gasteiger partial charge on any atom is -0.481 e. The molecule has 3 rings (SSSR count). The van der Waals surface area contributed by atoms with E-state index in [0.717, 1.165) is 5.69 Å². The van der Waals surface area contributed by atoms with Gasteiger partial charge in [0.25, 0.3) is 5.91 Å². The number of benzene rings is 1. The number of carbonyl (C=O) groups is 2. The Bertz CT molecular complexity index is 805. The third-order valence-electron chi connectivity index (χ3n) is 4.48. The van der Waals surface area contributed by atoms with Gasteiger partial charge < -0.3 is 10.4 Å². The van der Waals surface area contributed by atoms with Crippen molar-refractivity contribution < 1.29 is 14.7 Å². The molecule has 0 bridgehead atoms. The summed E-state index contributed by atoms with van der Waals surface area (Å²) in [6.07, 6.45) is 2.26. The Balaban J connectivity index is 1.79. The Labute approximate surface area is 150 Å². The van der Waals surface area contributed by atoms with Crippen molar-refractivity contribution in [1.29, 1.82) is 0 Å². The standard InChI is InChI=1S/C17H19ClN4O3/c1-2-14-15(16(23)19-12-7-6-10(8-12)17(24)25)20-21-22(14)13-5-3-4-11(18)9-13/h3-5,9-10,12H,2,6-8H2,1H3,(H,19,23)(H,24,25)/t10-,12+/m1/s1. The lowest BCUT2D eigenvalue weighted by molar-refractivity contribution is -0.141. The average Bonchev–Trinajstić information content (AvgIpc) is 3.21. The molecule has 1 saturated carbocycles. The van der Waals surface area contributed by atoms with Gasteiger partial charge in [-0.15, -0.1) is 5.10 Å². The van der Waals surface area contributed by atoms with E-state index in [1.807, 2.05) is 19.1 Å². The highest BCUT2D eigenvalue weighted by atomic mass is 35.5.